The van der Waals surface area contributed by atoms with Crippen molar-refractivity contribution in [2.24, 2.45) is 11.3 Å². The Hall–Kier alpha value is -1.69. The normalized spacial score (nSPS) is 13.5. The number of aryl methyl sites for hydroxylation is 1. The summed E-state index contributed by atoms with van der Waals surface area (Å²) >= 11 is 0. The lowest BCUT2D eigenvalue weighted by Crippen LogP contribution is -2.30. The Morgan fingerprint density at radius 1 is 0.923 bits per heavy atom. The van der Waals surface area contributed by atoms with E-state index in [2.05, 4.69) is 20.8 Å². The second-order valence-corrected chi connectivity index (χ2v) is 9.23. The average molecular weight is 377 g/mol. The SMILES string of the molecule is Cc1ccc(S(=O)(=O)OCC(COCc2ccccc2)C(C)(C)C)cc1. The third-order valence-electron chi connectivity index (χ3n) is 4.39. The lowest BCUT2D eigenvalue weighted by atomic mass is 9.82. The van der Waals surface area contributed by atoms with E-state index in [-0.39, 0.29) is 22.8 Å². The van der Waals surface area contributed by atoms with Gasteiger partial charge in [-0.25, -0.2) is 0 Å². The summed E-state index contributed by atoms with van der Waals surface area (Å²) in [6.07, 6.45) is 0. The van der Waals surface area contributed by atoms with Gasteiger partial charge in [-0.1, -0.05) is 68.8 Å². The van der Waals surface area contributed by atoms with Gasteiger partial charge in [0.2, 0.25) is 0 Å². The molecule has 0 saturated heterocycles. The van der Waals surface area contributed by atoms with E-state index in [1.807, 2.05) is 37.3 Å². The molecule has 142 valence electrons. The molecular weight excluding hydrogens is 348 g/mol. The summed E-state index contributed by atoms with van der Waals surface area (Å²) < 4.78 is 36.0. The monoisotopic (exact) mass is 376 g/mol. The van der Waals surface area contributed by atoms with Crippen LogP contribution in [0.4, 0.5) is 0 Å². The summed E-state index contributed by atoms with van der Waals surface area (Å²) in [4.78, 5) is 0.181. The summed E-state index contributed by atoms with van der Waals surface area (Å²) in [6, 6.07) is 16.6. The van der Waals surface area contributed by atoms with Gasteiger partial charge in [0.1, 0.15) is 0 Å². The summed E-state index contributed by atoms with van der Waals surface area (Å²) in [5, 5.41) is 0. The fourth-order valence-corrected chi connectivity index (χ4v) is 3.33. The Labute approximate surface area is 157 Å². The molecule has 0 amide bonds. The van der Waals surface area contributed by atoms with Crippen LogP contribution in [0.5, 0.6) is 0 Å². The van der Waals surface area contributed by atoms with E-state index < -0.39 is 10.1 Å². The van der Waals surface area contributed by atoms with Crippen LogP contribution in [0.3, 0.4) is 0 Å². The van der Waals surface area contributed by atoms with Crippen molar-refractivity contribution in [2.75, 3.05) is 13.2 Å². The number of hydrogen-bond donors (Lipinski definition) is 0. The Morgan fingerprint density at radius 3 is 2.12 bits per heavy atom. The van der Waals surface area contributed by atoms with E-state index in [9.17, 15) is 8.42 Å². The average Bonchev–Trinajstić information content (AvgIpc) is 2.58. The van der Waals surface area contributed by atoms with Crippen molar-refractivity contribution < 1.29 is 17.3 Å². The predicted molar refractivity (Wildman–Crippen MR) is 103 cm³/mol. The first kappa shape index (κ1) is 20.6. The highest BCUT2D eigenvalue weighted by molar-refractivity contribution is 7.86. The molecular formula is C21H28O4S. The zero-order valence-corrected chi connectivity index (χ0v) is 16.8. The molecule has 2 rings (SSSR count). The largest absolute Gasteiger partial charge is 0.376 e. The molecule has 1 unspecified atom stereocenters. The topological polar surface area (TPSA) is 52.6 Å². The Kier molecular flexibility index (Phi) is 6.98. The van der Waals surface area contributed by atoms with Crippen LogP contribution in [-0.2, 0) is 25.6 Å². The van der Waals surface area contributed by atoms with E-state index >= 15 is 0 Å². The molecule has 0 N–H and O–H groups in total. The van der Waals surface area contributed by atoms with Crippen molar-refractivity contribution in [1.29, 1.82) is 0 Å². The molecule has 2 aromatic carbocycles. The van der Waals surface area contributed by atoms with Gasteiger partial charge in [-0.2, -0.15) is 8.42 Å². The molecule has 0 saturated carbocycles. The van der Waals surface area contributed by atoms with Crippen LogP contribution in [0.2, 0.25) is 0 Å². The second-order valence-electron chi connectivity index (χ2n) is 7.62. The molecule has 0 aliphatic carbocycles. The number of rotatable bonds is 8. The Balaban J connectivity index is 1.96. The second kappa shape index (κ2) is 8.80. The smallest absolute Gasteiger partial charge is 0.296 e. The van der Waals surface area contributed by atoms with E-state index in [0.717, 1.165) is 11.1 Å². The fourth-order valence-electron chi connectivity index (χ4n) is 2.39. The maximum atomic E-state index is 12.4. The van der Waals surface area contributed by atoms with Crippen molar-refractivity contribution in [3.05, 3.63) is 65.7 Å². The highest BCUT2D eigenvalue weighted by Gasteiger charge is 2.28. The lowest BCUT2D eigenvalue weighted by molar-refractivity contribution is 0.0236. The van der Waals surface area contributed by atoms with Gasteiger partial charge < -0.3 is 4.74 Å². The maximum absolute atomic E-state index is 12.4. The molecule has 2 aromatic rings. The molecule has 5 heteroatoms. The molecule has 0 heterocycles. The van der Waals surface area contributed by atoms with E-state index in [1.54, 1.807) is 24.3 Å². The van der Waals surface area contributed by atoms with E-state index in [0.29, 0.717) is 13.2 Å². The highest BCUT2D eigenvalue weighted by Crippen LogP contribution is 2.28. The van der Waals surface area contributed by atoms with Gasteiger partial charge in [0.25, 0.3) is 10.1 Å². The molecule has 0 bridgehead atoms. The summed E-state index contributed by atoms with van der Waals surface area (Å²) in [5.74, 6) is -0.0496. The van der Waals surface area contributed by atoms with Crippen molar-refractivity contribution >= 4 is 10.1 Å². The zero-order chi connectivity index (χ0) is 19.2. The molecule has 4 nitrogen and oxygen atoms in total. The van der Waals surface area contributed by atoms with Gasteiger partial charge in [0.05, 0.1) is 24.7 Å². The first-order chi connectivity index (χ1) is 12.2. The van der Waals surface area contributed by atoms with Gasteiger partial charge in [-0.3, -0.25) is 4.18 Å². The minimum absolute atomic E-state index is 0.0496. The summed E-state index contributed by atoms with van der Waals surface area (Å²) in [6.45, 7) is 9.12. The molecule has 0 spiro atoms. The number of ether oxygens (including phenoxy) is 1. The van der Waals surface area contributed by atoms with Gasteiger partial charge in [-0.05, 0) is 30.0 Å². The minimum atomic E-state index is -3.77. The third-order valence-corrected chi connectivity index (χ3v) is 5.69. The maximum Gasteiger partial charge on any atom is 0.296 e. The van der Waals surface area contributed by atoms with Crippen LogP contribution in [0, 0.1) is 18.3 Å². The molecule has 0 aliphatic heterocycles. The standard InChI is InChI=1S/C21H28O4S/c1-17-10-12-20(13-11-17)26(22,23)25-16-19(21(2,3)4)15-24-14-18-8-6-5-7-9-18/h5-13,19H,14-16H2,1-4H3. The van der Waals surface area contributed by atoms with Gasteiger partial charge in [0.15, 0.2) is 0 Å². The number of hydrogen-bond acceptors (Lipinski definition) is 4. The summed E-state index contributed by atoms with van der Waals surface area (Å²) in [5.41, 5.74) is 1.96. The van der Waals surface area contributed by atoms with Crippen molar-refractivity contribution in [1.82, 2.24) is 0 Å². The quantitative estimate of drug-likeness (QED) is 0.633. The van der Waals surface area contributed by atoms with Gasteiger partial charge >= 0.3 is 0 Å². The minimum Gasteiger partial charge on any atom is -0.376 e. The Bertz CT molecular complexity index is 775. The van der Waals surface area contributed by atoms with Crippen LogP contribution >= 0.6 is 0 Å². The third kappa shape index (κ3) is 6.24. The van der Waals surface area contributed by atoms with Crippen LogP contribution < -0.4 is 0 Å². The van der Waals surface area contributed by atoms with Crippen LogP contribution in [0.25, 0.3) is 0 Å². The molecule has 0 aliphatic rings. The summed E-state index contributed by atoms with van der Waals surface area (Å²) in [7, 11) is -3.77. The lowest BCUT2D eigenvalue weighted by Gasteiger charge is -2.30. The van der Waals surface area contributed by atoms with Crippen molar-refractivity contribution in [2.45, 2.75) is 39.2 Å². The zero-order valence-electron chi connectivity index (χ0n) is 15.9. The van der Waals surface area contributed by atoms with E-state index in [1.165, 1.54) is 0 Å². The highest BCUT2D eigenvalue weighted by atomic mass is 32.2. The Morgan fingerprint density at radius 2 is 1.54 bits per heavy atom. The number of benzene rings is 2. The molecule has 0 radical (unpaired) electrons. The predicted octanol–water partition coefficient (Wildman–Crippen LogP) is 4.58. The fraction of sp³-hybridized carbons (Fsp3) is 0.429. The first-order valence-corrected chi connectivity index (χ1v) is 10.2. The van der Waals surface area contributed by atoms with Gasteiger partial charge in [0, 0.05) is 5.92 Å². The molecule has 0 fully saturated rings. The van der Waals surface area contributed by atoms with Crippen molar-refractivity contribution in [3.63, 3.8) is 0 Å². The van der Waals surface area contributed by atoms with Crippen LogP contribution in [-0.4, -0.2) is 21.6 Å². The molecule has 26 heavy (non-hydrogen) atoms. The van der Waals surface area contributed by atoms with Crippen LogP contribution in [0.15, 0.2) is 59.5 Å². The van der Waals surface area contributed by atoms with Crippen molar-refractivity contribution in [3.8, 4) is 0 Å². The van der Waals surface area contributed by atoms with Crippen LogP contribution in [0.1, 0.15) is 31.9 Å². The molecule has 1 atom stereocenters. The first-order valence-electron chi connectivity index (χ1n) is 8.76. The van der Waals surface area contributed by atoms with Gasteiger partial charge in [-0.15, -0.1) is 0 Å². The van der Waals surface area contributed by atoms with E-state index in [4.69, 9.17) is 8.92 Å². The molecule has 0 aromatic heterocycles.